The third kappa shape index (κ3) is 2.85. The average molecular weight is 191 g/mol. The molecule has 0 aromatic heterocycles. The Hall–Kier alpha value is -1.39. The maximum atomic E-state index is 12.3. The third-order valence-corrected chi connectivity index (χ3v) is 1.28. The van der Waals surface area contributed by atoms with E-state index in [2.05, 4.69) is 4.74 Å². The van der Waals surface area contributed by atoms with Gasteiger partial charge in [-0.2, -0.15) is 8.78 Å². The van der Waals surface area contributed by atoms with E-state index in [1.54, 1.807) is 0 Å². The third-order valence-electron chi connectivity index (χ3n) is 1.28. The smallest absolute Gasteiger partial charge is 0.427 e. The van der Waals surface area contributed by atoms with Gasteiger partial charge in [0.15, 0.2) is 6.67 Å². The summed E-state index contributed by atoms with van der Waals surface area (Å²) < 4.78 is 40.4. The van der Waals surface area contributed by atoms with Crippen molar-refractivity contribution in [3.05, 3.63) is 24.3 Å². The minimum Gasteiger partial charge on any atom is -0.431 e. The van der Waals surface area contributed by atoms with Gasteiger partial charge < -0.3 is 10.5 Å². The van der Waals surface area contributed by atoms with Crippen molar-refractivity contribution in [2.24, 2.45) is 0 Å². The van der Waals surface area contributed by atoms with Gasteiger partial charge in [-0.3, -0.25) is 0 Å². The van der Waals surface area contributed by atoms with E-state index < -0.39 is 12.8 Å². The van der Waals surface area contributed by atoms with Gasteiger partial charge >= 0.3 is 6.11 Å². The predicted octanol–water partition coefficient (Wildman–Crippen LogP) is 2.21. The monoisotopic (exact) mass is 191 g/mol. The standard InChI is InChI=1S/C8H8F3NO/c9-5-8(10,11)13-7-3-1-2-6(12)4-7/h1-4H,5,12H2. The summed E-state index contributed by atoms with van der Waals surface area (Å²) in [5.74, 6) is -0.150. The van der Waals surface area contributed by atoms with Gasteiger partial charge in [-0.05, 0) is 12.1 Å². The minimum atomic E-state index is -3.78. The van der Waals surface area contributed by atoms with Crippen LogP contribution in [0, 0.1) is 0 Å². The zero-order valence-electron chi connectivity index (χ0n) is 6.64. The van der Waals surface area contributed by atoms with E-state index in [0.29, 0.717) is 0 Å². The van der Waals surface area contributed by atoms with E-state index in [0.717, 1.165) is 0 Å². The highest BCUT2D eigenvalue weighted by atomic mass is 19.3. The van der Waals surface area contributed by atoms with Crippen molar-refractivity contribution < 1.29 is 17.9 Å². The van der Waals surface area contributed by atoms with Crippen LogP contribution in [0.3, 0.4) is 0 Å². The molecule has 13 heavy (non-hydrogen) atoms. The molecule has 1 rings (SSSR count). The number of hydrogen-bond donors (Lipinski definition) is 1. The van der Waals surface area contributed by atoms with Crippen LogP contribution >= 0.6 is 0 Å². The van der Waals surface area contributed by atoms with Crippen LogP contribution in [0.2, 0.25) is 0 Å². The summed E-state index contributed by atoms with van der Waals surface area (Å²) in [6, 6.07) is 5.43. The predicted molar refractivity (Wildman–Crippen MR) is 42.4 cm³/mol. The quantitative estimate of drug-likeness (QED) is 0.743. The Kier molecular flexibility index (Phi) is 2.65. The number of hydrogen-bond acceptors (Lipinski definition) is 2. The maximum Gasteiger partial charge on any atom is 0.427 e. The van der Waals surface area contributed by atoms with Crippen molar-refractivity contribution in [3.8, 4) is 5.75 Å². The molecule has 0 radical (unpaired) electrons. The van der Waals surface area contributed by atoms with Gasteiger partial charge in [0.1, 0.15) is 5.75 Å². The molecule has 0 heterocycles. The molecule has 2 nitrogen and oxygen atoms in total. The summed E-state index contributed by atoms with van der Waals surface area (Å²) in [4.78, 5) is 0. The summed E-state index contributed by atoms with van der Waals surface area (Å²) in [7, 11) is 0. The molecular formula is C8H8F3NO. The number of nitrogens with two attached hydrogens (primary N) is 1. The molecule has 0 fully saturated rings. The van der Waals surface area contributed by atoms with Gasteiger partial charge in [-0.15, -0.1) is 0 Å². The largest absolute Gasteiger partial charge is 0.431 e. The van der Waals surface area contributed by atoms with Crippen LogP contribution in [0.25, 0.3) is 0 Å². The molecule has 0 saturated carbocycles. The molecule has 0 spiro atoms. The Balaban J connectivity index is 2.74. The zero-order chi connectivity index (χ0) is 9.90. The van der Waals surface area contributed by atoms with E-state index >= 15 is 0 Å². The molecule has 0 amide bonds. The van der Waals surface area contributed by atoms with Crippen molar-refractivity contribution in [2.75, 3.05) is 12.4 Å². The highest BCUT2D eigenvalue weighted by molar-refractivity contribution is 5.43. The number of anilines is 1. The summed E-state index contributed by atoms with van der Waals surface area (Å²) in [5.41, 5.74) is 5.58. The van der Waals surface area contributed by atoms with E-state index in [4.69, 9.17) is 5.73 Å². The SMILES string of the molecule is Nc1cccc(OC(F)(F)CF)c1. The molecule has 0 bridgehead atoms. The van der Waals surface area contributed by atoms with E-state index in [1.807, 2.05) is 0 Å². The van der Waals surface area contributed by atoms with Crippen LogP contribution in [0.15, 0.2) is 24.3 Å². The zero-order valence-corrected chi connectivity index (χ0v) is 6.64. The van der Waals surface area contributed by atoms with Gasteiger partial charge in [-0.25, -0.2) is 4.39 Å². The fraction of sp³-hybridized carbons (Fsp3) is 0.250. The highest BCUT2D eigenvalue weighted by Crippen LogP contribution is 2.23. The number of ether oxygens (including phenoxy) is 1. The molecule has 0 saturated heterocycles. The minimum absolute atomic E-state index is 0.150. The highest BCUT2D eigenvalue weighted by Gasteiger charge is 2.31. The van der Waals surface area contributed by atoms with Gasteiger partial charge in [0.25, 0.3) is 0 Å². The van der Waals surface area contributed by atoms with Crippen LogP contribution in [-0.4, -0.2) is 12.8 Å². The fourth-order valence-electron chi connectivity index (χ4n) is 0.778. The van der Waals surface area contributed by atoms with Crippen LogP contribution < -0.4 is 10.5 Å². The van der Waals surface area contributed by atoms with E-state index in [1.165, 1.54) is 24.3 Å². The molecule has 1 aromatic carbocycles. The molecule has 5 heteroatoms. The fourth-order valence-corrected chi connectivity index (χ4v) is 0.778. The van der Waals surface area contributed by atoms with Gasteiger partial charge in [0.2, 0.25) is 0 Å². The Labute approximate surface area is 73.1 Å². The molecule has 0 aliphatic carbocycles. The van der Waals surface area contributed by atoms with Gasteiger partial charge in [0, 0.05) is 11.8 Å². The van der Waals surface area contributed by atoms with Crippen molar-refractivity contribution in [1.82, 2.24) is 0 Å². The topological polar surface area (TPSA) is 35.2 Å². The molecule has 0 aliphatic heterocycles. The van der Waals surface area contributed by atoms with Crippen molar-refractivity contribution in [2.45, 2.75) is 6.11 Å². The number of alkyl halides is 3. The molecular weight excluding hydrogens is 183 g/mol. The van der Waals surface area contributed by atoms with Crippen molar-refractivity contribution >= 4 is 5.69 Å². The lowest BCUT2D eigenvalue weighted by Crippen LogP contribution is -2.26. The number of benzene rings is 1. The molecule has 0 atom stereocenters. The second-order valence-electron chi connectivity index (χ2n) is 2.45. The Bertz CT molecular complexity index is 290. The Morgan fingerprint density at radius 1 is 1.38 bits per heavy atom. The molecule has 2 N–H and O–H groups in total. The van der Waals surface area contributed by atoms with E-state index in [9.17, 15) is 13.2 Å². The van der Waals surface area contributed by atoms with Gasteiger partial charge in [0.05, 0.1) is 0 Å². The lowest BCUT2D eigenvalue weighted by molar-refractivity contribution is -0.186. The Morgan fingerprint density at radius 3 is 2.62 bits per heavy atom. The summed E-state index contributed by atoms with van der Waals surface area (Å²) >= 11 is 0. The lowest BCUT2D eigenvalue weighted by atomic mass is 10.3. The Morgan fingerprint density at radius 2 is 2.08 bits per heavy atom. The first kappa shape index (κ1) is 9.70. The van der Waals surface area contributed by atoms with Crippen LogP contribution in [0.1, 0.15) is 0 Å². The first-order valence-corrected chi connectivity index (χ1v) is 3.52. The molecule has 1 aromatic rings. The second kappa shape index (κ2) is 3.55. The summed E-state index contributed by atoms with van der Waals surface area (Å²) in [5, 5.41) is 0. The summed E-state index contributed by atoms with van der Waals surface area (Å²) in [6.07, 6.45) is -3.78. The molecule has 72 valence electrons. The van der Waals surface area contributed by atoms with E-state index in [-0.39, 0.29) is 11.4 Å². The number of rotatable bonds is 3. The van der Waals surface area contributed by atoms with Crippen LogP contribution in [0.4, 0.5) is 18.9 Å². The number of nitrogen functional groups attached to an aromatic ring is 1. The number of halogens is 3. The molecule has 0 aliphatic rings. The molecule has 0 unspecified atom stereocenters. The summed E-state index contributed by atoms with van der Waals surface area (Å²) in [6.45, 7) is -1.86. The normalized spacial score (nSPS) is 11.3. The second-order valence-corrected chi connectivity index (χ2v) is 2.45. The van der Waals surface area contributed by atoms with Crippen molar-refractivity contribution in [3.63, 3.8) is 0 Å². The lowest BCUT2D eigenvalue weighted by Gasteiger charge is -2.14. The van der Waals surface area contributed by atoms with Crippen LogP contribution in [-0.2, 0) is 0 Å². The first-order valence-electron chi connectivity index (χ1n) is 3.52. The maximum absolute atomic E-state index is 12.3. The van der Waals surface area contributed by atoms with Crippen LogP contribution in [0.5, 0.6) is 5.75 Å². The average Bonchev–Trinajstić information content (AvgIpc) is 2.03. The van der Waals surface area contributed by atoms with Gasteiger partial charge in [-0.1, -0.05) is 6.07 Å². The van der Waals surface area contributed by atoms with Crippen molar-refractivity contribution in [1.29, 1.82) is 0 Å². The first-order chi connectivity index (χ1) is 6.03.